The molecule has 0 radical (unpaired) electrons. The molecule has 1 rings (SSSR count). The maximum atomic E-state index is 12.6. The van der Waals surface area contributed by atoms with E-state index < -0.39 is 5.54 Å². The molecule has 0 saturated heterocycles. The maximum Gasteiger partial charge on any atom is 0.186 e. The van der Waals surface area contributed by atoms with Crippen LogP contribution >= 0.6 is 11.6 Å². The highest BCUT2D eigenvalue weighted by Crippen LogP contribution is 2.24. The molecule has 0 atom stereocenters. The molecule has 1 aromatic rings. The van der Waals surface area contributed by atoms with Crippen molar-refractivity contribution in [3.8, 4) is 0 Å². The molecule has 0 fully saturated rings. The molecule has 0 unspecified atom stereocenters. The summed E-state index contributed by atoms with van der Waals surface area (Å²) in [6.45, 7) is 9.42. The van der Waals surface area contributed by atoms with Gasteiger partial charge in [-0.05, 0) is 33.0 Å². The lowest BCUT2D eigenvalue weighted by Crippen LogP contribution is -2.50. The molecule has 18 heavy (non-hydrogen) atoms. The van der Waals surface area contributed by atoms with Crippen molar-refractivity contribution in [2.24, 2.45) is 0 Å². The topological polar surface area (TPSA) is 59.2 Å². The van der Waals surface area contributed by atoms with Crippen LogP contribution in [0.4, 0.5) is 5.82 Å². The molecular formula is C13H20ClN3O. The molecule has 5 heteroatoms. The highest BCUT2D eigenvalue weighted by atomic mass is 35.5. The largest absolute Gasteiger partial charge is 0.383 e. The molecule has 4 nitrogen and oxygen atoms in total. The minimum atomic E-state index is -0.621. The van der Waals surface area contributed by atoms with Crippen LogP contribution in [-0.2, 0) is 0 Å². The zero-order valence-electron chi connectivity index (χ0n) is 11.3. The number of hydrogen-bond donors (Lipinski definition) is 1. The normalized spacial score (nSPS) is 11.9. The van der Waals surface area contributed by atoms with E-state index in [1.807, 2.05) is 27.7 Å². The second kappa shape index (κ2) is 5.67. The van der Waals surface area contributed by atoms with Gasteiger partial charge in [-0.3, -0.25) is 9.69 Å². The molecule has 0 aliphatic rings. The molecule has 1 heterocycles. The third-order valence-electron chi connectivity index (χ3n) is 3.24. The molecule has 2 N–H and O–H groups in total. The average Bonchev–Trinajstić information content (AvgIpc) is 2.32. The summed E-state index contributed by atoms with van der Waals surface area (Å²) < 4.78 is 0. The zero-order valence-corrected chi connectivity index (χ0v) is 12.1. The summed E-state index contributed by atoms with van der Waals surface area (Å²) in [6, 6.07) is 1.58. The molecule has 0 aliphatic heterocycles. The summed E-state index contributed by atoms with van der Waals surface area (Å²) in [4.78, 5) is 18.6. The standard InChI is InChI=1S/C13H20ClN3O/c1-5-17(6-2)13(3,4)11(18)10-7-9(14)8-16-12(10)15/h7-8H,5-6H2,1-4H3,(H2,15,16). The van der Waals surface area contributed by atoms with Crippen LogP contribution < -0.4 is 5.73 Å². The number of pyridine rings is 1. The second-order valence-corrected chi connectivity index (χ2v) is 5.08. The molecular weight excluding hydrogens is 250 g/mol. The Bertz CT molecular complexity index is 442. The molecule has 0 spiro atoms. The predicted octanol–water partition coefficient (Wildman–Crippen LogP) is 2.62. The Hall–Kier alpha value is -1.13. The minimum absolute atomic E-state index is 0.0568. The number of nitrogens with zero attached hydrogens (tertiary/aromatic N) is 2. The van der Waals surface area contributed by atoms with Crippen LogP contribution in [-0.4, -0.2) is 34.3 Å². The number of hydrogen-bond acceptors (Lipinski definition) is 4. The van der Waals surface area contributed by atoms with Crippen molar-refractivity contribution in [2.45, 2.75) is 33.2 Å². The molecule has 0 saturated carbocycles. The number of Topliss-reactive ketones (excluding diaryl/α,β-unsaturated/α-hetero) is 1. The third-order valence-corrected chi connectivity index (χ3v) is 3.45. The van der Waals surface area contributed by atoms with Gasteiger partial charge in [-0.15, -0.1) is 0 Å². The predicted molar refractivity (Wildman–Crippen MR) is 75.0 cm³/mol. The summed E-state index contributed by atoms with van der Waals surface area (Å²) in [7, 11) is 0. The first kappa shape index (κ1) is 14.9. The smallest absolute Gasteiger partial charge is 0.186 e. The van der Waals surface area contributed by atoms with Gasteiger partial charge in [0.15, 0.2) is 5.78 Å². The molecule has 1 aromatic heterocycles. The number of ketones is 1. The van der Waals surface area contributed by atoms with Crippen LogP contribution in [0.25, 0.3) is 0 Å². The average molecular weight is 270 g/mol. The lowest BCUT2D eigenvalue weighted by molar-refractivity contribution is 0.0669. The molecule has 100 valence electrons. The number of likely N-dealkylation sites (N-methyl/N-ethyl adjacent to an activating group) is 1. The van der Waals surface area contributed by atoms with Gasteiger partial charge in [-0.1, -0.05) is 25.4 Å². The van der Waals surface area contributed by atoms with Crippen LogP contribution in [0.3, 0.4) is 0 Å². The van der Waals surface area contributed by atoms with Crippen LogP contribution in [0.15, 0.2) is 12.3 Å². The van der Waals surface area contributed by atoms with Gasteiger partial charge in [-0.2, -0.15) is 0 Å². The first-order valence-electron chi connectivity index (χ1n) is 6.05. The first-order valence-corrected chi connectivity index (χ1v) is 6.43. The van der Waals surface area contributed by atoms with E-state index in [0.717, 1.165) is 13.1 Å². The lowest BCUT2D eigenvalue weighted by atomic mass is 9.91. The van der Waals surface area contributed by atoms with E-state index in [4.69, 9.17) is 17.3 Å². The maximum absolute atomic E-state index is 12.6. The van der Waals surface area contributed by atoms with Gasteiger partial charge in [0.2, 0.25) is 0 Å². The number of nitrogen functional groups attached to an aromatic ring is 1. The van der Waals surface area contributed by atoms with Crippen LogP contribution in [0, 0.1) is 0 Å². The third kappa shape index (κ3) is 2.82. The molecule has 0 aromatic carbocycles. The molecule has 0 amide bonds. The highest BCUT2D eigenvalue weighted by Gasteiger charge is 2.34. The fourth-order valence-corrected chi connectivity index (χ4v) is 2.28. The number of carbonyl (C=O) groups is 1. The zero-order chi connectivity index (χ0) is 13.9. The van der Waals surface area contributed by atoms with Gasteiger partial charge in [0.25, 0.3) is 0 Å². The van der Waals surface area contributed by atoms with E-state index in [-0.39, 0.29) is 11.6 Å². The highest BCUT2D eigenvalue weighted by molar-refractivity contribution is 6.31. The Morgan fingerprint density at radius 3 is 2.50 bits per heavy atom. The quantitative estimate of drug-likeness (QED) is 0.835. The van der Waals surface area contributed by atoms with Crippen molar-refractivity contribution >= 4 is 23.2 Å². The van der Waals surface area contributed by atoms with Crippen LogP contribution in [0.1, 0.15) is 38.1 Å². The fraction of sp³-hybridized carbons (Fsp3) is 0.538. The van der Waals surface area contributed by atoms with E-state index in [1.165, 1.54) is 6.20 Å². The Morgan fingerprint density at radius 1 is 1.44 bits per heavy atom. The van der Waals surface area contributed by atoms with Crippen molar-refractivity contribution in [1.29, 1.82) is 0 Å². The second-order valence-electron chi connectivity index (χ2n) is 4.65. The summed E-state index contributed by atoms with van der Waals surface area (Å²) in [6.07, 6.45) is 1.44. The van der Waals surface area contributed by atoms with Crippen molar-refractivity contribution in [3.05, 3.63) is 22.8 Å². The van der Waals surface area contributed by atoms with Crippen LogP contribution in [0.5, 0.6) is 0 Å². The van der Waals surface area contributed by atoms with Gasteiger partial charge in [0.1, 0.15) is 5.82 Å². The van der Waals surface area contributed by atoms with Crippen molar-refractivity contribution in [3.63, 3.8) is 0 Å². The Labute approximate surface area is 113 Å². The van der Waals surface area contributed by atoms with E-state index in [1.54, 1.807) is 6.07 Å². The number of anilines is 1. The van der Waals surface area contributed by atoms with E-state index in [2.05, 4.69) is 9.88 Å². The fourth-order valence-electron chi connectivity index (χ4n) is 2.12. The Balaban J connectivity index is 3.16. The lowest BCUT2D eigenvalue weighted by Gasteiger charge is -2.35. The van der Waals surface area contributed by atoms with Gasteiger partial charge < -0.3 is 5.73 Å². The van der Waals surface area contributed by atoms with E-state index in [9.17, 15) is 4.79 Å². The van der Waals surface area contributed by atoms with Gasteiger partial charge >= 0.3 is 0 Å². The van der Waals surface area contributed by atoms with Gasteiger partial charge in [-0.25, -0.2) is 4.98 Å². The minimum Gasteiger partial charge on any atom is -0.383 e. The summed E-state index contributed by atoms with van der Waals surface area (Å²) >= 11 is 5.87. The van der Waals surface area contributed by atoms with Crippen molar-refractivity contribution in [1.82, 2.24) is 9.88 Å². The Kier molecular flexibility index (Phi) is 4.71. The van der Waals surface area contributed by atoms with Crippen LogP contribution in [0.2, 0.25) is 5.02 Å². The SMILES string of the molecule is CCN(CC)C(C)(C)C(=O)c1cc(Cl)cnc1N. The number of halogens is 1. The summed E-state index contributed by atoms with van der Waals surface area (Å²) in [5.41, 5.74) is 5.53. The van der Waals surface area contributed by atoms with Gasteiger partial charge in [0, 0.05) is 6.20 Å². The number of aromatic nitrogens is 1. The molecule has 0 aliphatic carbocycles. The first-order chi connectivity index (χ1) is 8.34. The van der Waals surface area contributed by atoms with Crippen molar-refractivity contribution in [2.75, 3.05) is 18.8 Å². The number of rotatable bonds is 5. The number of nitrogens with two attached hydrogens (primary N) is 1. The number of carbonyl (C=O) groups excluding carboxylic acids is 1. The Morgan fingerprint density at radius 2 is 2.00 bits per heavy atom. The summed E-state index contributed by atoms with van der Waals surface area (Å²) in [5.74, 6) is 0.170. The van der Waals surface area contributed by atoms with Crippen molar-refractivity contribution < 1.29 is 4.79 Å². The van der Waals surface area contributed by atoms with E-state index in [0.29, 0.717) is 10.6 Å². The van der Waals surface area contributed by atoms with E-state index >= 15 is 0 Å². The molecule has 0 bridgehead atoms. The summed E-state index contributed by atoms with van der Waals surface area (Å²) in [5, 5.41) is 0.419. The van der Waals surface area contributed by atoms with Gasteiger partial charge in [0.05, 0.1) is 16.1 Å². The monoisotopic (exact) mass is 269 g/mol.